The summed E-state index contributed by atoms with van der Waals surface area (Å²) in [6.07, 6.45) is 0. The van der Waals surface area contributed by atoms with Gasteiger partial charge in [0.25, 0.3) is 0 Å². The Balaban J connectivity index is 1.14. The van der Waals surface area contributed by atoms with Crippen LogP contribution in [0.3, 0.4) is 0 Å². The highest BCUT2D eigenvalue weighted by Gasteiger charge is 2.26. The third-order valence-corrected chi connectivity index (χ3v) is 13.7. The van der Waals surface area contributed by atoms with Gasteiger partial charge in [-0.2, -0.15) is 0 Å². The standard InChI is InChI=1S/C64H48N2/c1-41-20-34-54-51(39-41)25-22-43(3)63(54)65(52-32-26-46(27-33-52)45-13-7-5-8-14-45)59-37-30-49-29-36-56-60(38-31-50-28-35-55(59)61(49)62(50)56)66(58-18-12-11-17-53(58)47-15-9-6-10-16-47)64-44(4)21-24-48-23-19-42(2)40-57(48)64/h5-40H,1-4H3. The fourth-order valence-electron chi connectivity index (χ4n) is 10.5. The summed E-state index contributed by atoms with van der Waals surface area (Å²) in [5, 5.41) is 12.3. The van der Waals surface area contributed by atoms with Crippen LogP contribution in [0, 0.1) is 27.7 Å². The van der Waals surface area contributed by atoms with Gasteiger partial charge in [0.05, 0.1) is 28.4 Å². The largest absolute Gasteiger partial charge is 0.309 e. The van der Waals surface area contributed by atoms with E-state index in [-0.39, 0.29) is 0 Å². The maximum atomic E-state index is 2.55. The number of para-hydroxylation sites is 1. The Hall–Kier alpha value is -8.20. The lowest BCUT2D eigenvalue weighted by molar-refractivity contribution is 1.28. The van der Waals surface area contributed by atoms with Gasteiger partial charge in [-0.05, 0) is 124 Å². The van der Waals surface area contributed by atoms with E-state index < -0.39 is 0 Å². The smallest absolute Gasteiger partial charge is 0.0569 e. The molecule has 0 aliphatic carbocycles. The summed E-state index contributed by atoms with van der Waals surface area (Å²) in [7, 11) is 0. The molecule has 0 heterocycles. The van der Waals surface area contributed by atoms with Crippen molar-refractivity contribution in [1.29, 1.82) is 0 Å². The average molecular weight is 845 g/mol. The molecule has 0 saturated heterocycles. The second-order valence-corrected chi connectivity index (χ2v) is 18.0. The highest BCUT2D eigenvalue weighted by Crippen LogP contribution is 2.51. The molecule has 0 aromatic heterocycles. The Morgan fingerprint density at radius 1 is 0.288 bits per heavy atom. The third kappa shape index (κ3) is 6.48. The number of nitrogens with zero attached hydrogens (tertiary/aromatic N) is 2. The number of anilines is 6. The Morgan fingerprint density at radius 3 is 1.45 bits per heavy atom. The zero-order valence-electron chi connectivity index (χ0n) is 37.7. The average Bonchev–Trinajstić information content (AvgIpc) is 3.36. The first kappa shape index (κ1) is 39.4. The van der Waals surface area contributed by atoms with E-state index in [9.17, 15) is 0 Å². The SMILES string of the molecule is Cc1ccc2c(N(c3ccc(-c4ccccc4)cc3)c3ccc4ccc5c(N(c6ccccc6-c6ccccc6)c6c(C)ccc7ccc(C)cc67)ccc6ccc3c4c65)c(C)ccc2c1. The van der Waals surface area contributed by atoms with Gasteiger partial charge in [-0.3, -0.25) is 0 Å². The molecule has 2 nitrogen and oxygen atoms in total. The molecular formula is C64H48N2. The lowest BCUT2D eigenvalue weighted by Crippen LogP contribution is -2.14. The van der Waals surface area contributed by atoms with Gasteiger partial charge < -0.3 is 9.80 Å². The molecule has 0 spiro atoms. The minimum absolute atomic E-state index is 1.12. The first-order valence-corrected chi connectivity index (χ1v) is 23.0. The number of fused-ring (bicyclic) bond motifs is 2. The molecule has 0 aliphatic heterocycles. The van der Waals surface area contributed by atoms with Crippen molar-refractivity contribution in [1.82, 2.24) is 0 Å². The number of hydrogen-bond donors (Lipinski definition) is 0. The molecule has 0 fully saturated rings. The molecule has 0 aliphatic rings. The predicted molar refractivity (Wildman–Crippen MR) is 284 cm³/mol. The molecule has 0 bridgehead atoms. The Bertz CT molecular complexity index is 3790. The zero-order chi connectivity index (χ0) is 44.5. The molecule has 314 valence electrons. The zero-order valence-corrected chi connectivity index (χ0v) is 37.7. The quantitative estimate of drug-likeness (QED) is 0.141. The Morgan fingerprint density at radius 2 is 0.773 bits per heavy atom. The van der Waals surface area contributed by atoms with Gasteiger partial charge in [0.15, 0.2) is 0 Å². The second kappa shape index (κ2) is 15.8. The highest BCUT2D eigenvalue weighted by molar-refractivity contribution is 6.28. The maximum Gasteiger partial charge on any atom is 0.0569 e. The normalized spacial score (nSPS) is 11.6. The van der Waals surface area contributed by atoms with E-state index >= 15 is 0 Å². The number of benzene rings is 12. The fraction of sp³-hybridized carbons (Fsp3) is 0.0625. The summed E-state index contributed by atoms with van der Waals surface area (Å²) >= 11 is 0. The van der Waals surface area contributed by atoms with Gasteiger partial charge in [0.1, 0.15) is 0 Å². The van der Waals surface area contributed by atoms with Crippen LogP contribution in [-0.4, -0.2) is 0 Å². The molecule has 0 unspecified atom stereocenters. The minimum Gasteiger partial charge on any atom is -0.309 e. The summed E-state index contributed by atoms with van der Waals surface area (Å²) in [6.45, 7) is 8.89. The van der Waals surface area contributed by atoms with E-state index in [0.717, 1.165) is 22.7 Å². The molecule has 2 heteroatoms. The predicted octanol–water partition coefficient (Wildman–Crippen LogP) is 18.4. The van der Waals surface area contributed by atoms with E-state index in [1.807, 2.05) is 0 Å². The van der Waals surface area contributed by atoms with Crippen LogP contribution in [0.2, 0.25) is 0 Å². The van der Waals surface area contributed by atoms with Gasteiger partial charge in [0, 0.05) is 32.8 Å². The lowest BCUT2D eigenvalue weighted by Gasteiger charge is -2.32. The van der Waals surface area contributed by atoms with E-state index in [0.29, 0.717) is 0 Å². The van der Waals surface area contributed by atoms with E-state index in [4.69, 9.17) is 0 Å². The first-order chi connectivity index (χ1) is 32.4. The van der Waals surface area contributed by atoms with Crippen molar-refractivity contribution in [3.8, 4) is 22.3 Å². The number of rotatable bonds is 8. The molecule has 0 saturated carbocycles. The van der Waals surface area contributed by atoms with Crippen molar-refractivity contribution in [3.63, 3.8) is 0 Å². The fourth-order valence-corrected chi connectivity index (χ4v) is 10.5. The van der Waals surface area contributed by atoms with Crippen molar-refractivity contribution in [2.24, 2.45) is 0 Å². The van der Waals surface area contributed by atoms with Crippen LogP contribution in [0.5, 0.6) is 0 Å². The number of aryl methyl sites for hydroxylation is 4. The molecule has 0 radical (unpaired) electrons. The summed E-state index contributed by atoms with van der Waals surface area (Å²) < 4.78 is 0. The van der Waals surface area contributed by atoms with Crippen LogP contribution >= 0.6 is 0 Å². The molecule has 12 aromatic rings. The van der Waals surface area contributed by atoms with Crippen LogP contribution in [-0.2, 0) is 0 Å². The highest BCUT2D eigenvalue weighted by atomic mass is 15.2. The minimum atomic E-state index is 1.12. The van der Waals surface area contributed by atoms with Crippen molar-refractivity contribution >= 4 is 88.0 Å². The van der Waals surface area contributed by atoms with Crippen molar-refractivity contribution in [2.75, 3.05) is 9.80 Å². The topological polar surface area (TPSA) is 6.48 Å². The lowest BCUT2D eigenvalue weighted by atomic mass is 9.90. The molecule has 0 amide bonds. The van der Waals surface area contributed by atoms with E-state index in [2.05, 4.69) is 256 Å². The molecule has 12 aromatic carbocycles. The van der Waals surface area contributed by atoms with E-state index in [1.165, 1.54) is 110 Å². The molecule has 0 atom stereocenters. The Labute approximate surface area is 386 Å². The van der Waals surface area contributed by atoms with Crippen LogP contribution < -0.4 is 9.80 Å². The van der Waals surface area contributed by atoms with Crippen molar-refractivity contribution < 1.29 is 0 Å². The van der Waals surface area contributed by atoms with Crippen molar-refractivity contribution in [2.45, 2.75) is 27.7 Å². The van der Waals surface area contributed by atoms with Crippen LogP contribution in [0.4, 0.5) is 34.1 Å². The van der Waals surface area contributed by atoms with Crippen LogP contribution in [0.1, 0.15) is 22.3 Å². The van der Waals surface area contributed by atoms with Crippen LogP contribution in [0.15, 0.2) is 218 Å². The maximum absolute atomic E-state index is 2.55. The summed E-state index contributed by atoms with van der Waals surface area (Å²) in [5.74, 6) is 0. The Kier molecular flexibility index (Phi) is 9.43. The van der Waals surface area contributed by atoms with Gasteiger partial charge in [-0.1, -0.05) is 193 Å². The van der Waals surface area contributed by atoms with Crippen molar-refractivity contribution in [3.05, 3.63) is 241 Å². The van der Waals surface area contributed by atoms with Crippen LogP contribution in [0.25, 0.3) is 76.1 Å². The summed E-state index contributed by atoms with van der Waals surface area (Å²) in [4.78, 5) is 5.06. The number of hydrogen-bond acceptors (Lipinski definition) is 2. The molecular weight excluding hydrogens is 797 g/mol. The second-order valence-electron chi connectivity index (χ2n) is 18.0. The van der Waals surface area contributed by atoms with Gasteiger partial charge in [-0.15, -0.1) is 0 Å². The summed E-state index contributed by atoms with van der Waals surface area (Å²) in [5.41, 5.74) is 16.7. The van der Waals surface area contributed by atoms with Gasteiger partial charge >= 0.3 is 0 Å². The summed E-state index contributed by atoms with van der Waals surface area (Å²) in [6, 6.07) is 81.0. The third-order valence-electron chi connectivity index (χ3n) is 13.7. The first-order valence-electron chi connectivity index (χ1n) is 23.0. The van der Waals surface area contributed by atoms with E-state index in [1.54, 1.807) is 0 Å². The molecule has 0 N–H and O–H groups in total. The monoisotopic (exact) mass is 844 g/mol. The molecule has 12 rings (SSSR count). The van der Waals surface area contributed by atoms with Gasteiger partial charge in [-0.25, -0.2) is 0 Å². The van der Waals surface area contributed by atoms with Gasteiger partial charge in [0.2, 0.25) is 0 Å². The molecule has 66 heavy (non-hydrogen) atoms.